The Morgan fingerprint density at radius 1 is 1.32 bits per heavy atom. The van der Waals surface area contributed by atoms with Crippen molar-refractivity contribution in [3.8, 4) is 0 Å². The Hall–Kier alpha value is -0.900. The highest BCUT2D eigenvalue weighted by molar-refractivity contribution is 7.19. The summed E-state index contributed by atoms with van der Waals surface area (Å²) in [5.74, 6) is 0. The molecule has 0 aliphatic carbocycles. The van der Waals surface area contributed by atoms with E-state index in [-0.39, 0.29) is 0 Å². The van der Waals surface area contributed by atoms with Crippen molar-refractivity contribution < 1.29 is 4.74 Å². The number of nitrogens with one attached hydrogen (secondary N) is 1. The summed E-state index contributed by atoms with van der Waals surface area (Å²) in [5, 5.41) is 4.60. The highest BCUT2D eigenvalue weighted by Gasteiger charge is 2.12. The molecule has 0 amide bonds. The van der Waals surface area contributed by atoms with Crippen LogP contribution in [0.1, 0.15) is 37.1 Å². The Morgan fingerprint density at radius 2 is 2.11 bits per heavy atom. The quantitative estimate of drug-likeness (QED) is 0.813. The molecule has 1 heterocycles. The van der Waals surface area contributed by atoms with E-state index in [1.807, 2.05) is 18.4 Å². The summed E-state index contributed by atoms with van der Waals surface area (Å²) in [7, 11) is 1.99. The molecule has 3 heteroatoms. The molecule has 0 saturated carbocycles. The highest BCUT2D eigenvalue weighted by atomic mass is 32.1. The minimum atomic E-state index is 0.339. The maximum absolute atomic E-state index is 6.00. The highest BCUT2D eigenvalue weighted by Crippen LogP contribution is 2.32. The predicted molar refractivity (Wildman–Crippen MR) is 83.7 cm³/mol. The lowest BCUT2D eigenvalue weighted by Gasteiger charge is -2.12. The summed E-state index contributed by atoms with van der Waals surface area (Å²) in [6.45, 7) is 6.00. The SMILES string of the molecule is CCCC(C)OCc1c(CNC)sc2ccccc12. The van der Waals surface area contributed by atoms with Gasteiger partial charge in [0, 0.05) is 21.7 Å². The smallest absolute Gasteiger partial charge is 0.0737 e. The van der Waals surface area contributed by atoms with Gasteiger partial charge in [0.25, 0.3) is 0 Å². The first-order valence-corrected chi connectivity index (χ1v) is 7.83. The molecule has 0 bridgehead atoms. The van der Waals surface area contributed by atoms with Crippen LogP contribution in [0.2, 0.25) is 0 Å². The summed E-state index contributed by atoms with van der Waals surface area (Å²) in [5.41, 5.74) is 1.36. The van der Waals surface area contributed by atoms with Gasteiger partial charge in [-0.1, -0.05) is 31.5 Å². The first-order chi connectivity index (χ1) is 9.26. The van der Waals surface area contributed by atoms with Crippen molar-refractivity contribution in [2.45, 2.75) is 45.9 Å². The molecule has 0 radical (unpaired) electrons. The van der Waals surface area contributed by atoms with E-state index in [0.29, 0.717) is 6.10 Å². The van der Waals surface area contributed by atoms with Crippen LogP contribution >= 0.6 is 11.3 Å². The fourth-order valence-electron chi connectivity index (χ4n) is 2.33. The summed E-state index contributed by atoms with van der Waals surface area (Å²) < 4.78 is 7.36. The van der Waals surface area contributed by atoms with E-state index in [1.54, 1.807) is 0 Å². The second-order valence-corrected chi connectivity index (χ2v) is 6.08. The van der Waals surface area contributed by atoms with Gasteiger partial charge in [0.2, 0.25) is 0 Å². The minimum Gasteiger partial charge on any atom is -0.374 e. The second-order valence-electron chi connectivity index (χ2n) is 4.94. The van der Waals surface area contributed by atoms with E-state index in [0.717, 1.165) is 19.6 Å². The number of hydrogen-bond donors (Lipinski definition) is 1. The molecular weight excluding hydrogens is 254 g/mol. The van der Waals surface area contributed by atoms with Gasteiger partial charge in [-0.05, 0) is 31.8 Å². The molecule has 2 rings (SSSR count). The molecule has 1 atom stereocenters. The van der Waals surface area contributed by atoms with Gasteiger partial charge < -0.3 is 10.1 Å². The average Bonchev–Trinajstić information content (AvgIpc) is 2.75. The third-order valence-corrected chi connectivity index (χ3v) is 4.54. The molecule has 0 saturated heterocycles. The Kier molecular flexibility index (Phi) is 5.37. The van der Waals surface area contributed by atoms with Crippen LogP contribution in [-0.2, 0) is 17.9 Å². The maximum atomic E-state index is 6.00. The second kappa shape index (κ2) is 7.04. The van der Waals surface area contributed by atoms with E-state index in [2.05, 4.69) is 43.4 Å². The molecule has 0 aliphatic heterocycles. The Bertz CT molecular complexity index is 520. The van der Waals surface area contributed by atoms with Gasteiger partial charge in [0.1, 0.15) is 0 Å². The Balaban J connectivity index is 2.21. The van der Waals surface area contributed by atoms with Crippen molar-refractivity contribution in [2.75, 3.05) is 7.05 Å². The molecule has 2 aromatic rings. The third kappa shape index (κ3) is 3.56. The van der Waals surface area contributed by atoms with Gasteiger partial charge in [-0.3, -0.25) is 0 Å². The van der Waals surface area contributed by atoms with Crippen LogP contribution in [0.15, 0.2) is 24.3 Å². The van der Waals surface area contributed by atoms with Crippen molar-refractivity contribution in [1.29, 1.82) is 0 Å². The molecule has 1 aromatic heterocycles. The fourth-order valence-corrected chi connectivity index (χ4v) is 3.55. The van der Waals surface area contributed by atoms with Crippen LogP contribution in [0.3, 0.4) is 0 Å². The molecule has 1 unspecified atom stereocenters. The Morgan fingerprint density at radius 3 is 2.84 bits per heavy atom. The standard InChI is InChI=1S/C16H23NOS/c1-4-7-12(2)18-11-14-13-8-5-6-9-15(13)19-16(14)10-17-3/h5-6,8-9,12,17H,4,7,10-11H2,1-3H3. The van der Waals surface area contributed by atoms with Crippen molar-refractivity contribution in [3.05, 3.63) is 34.7 Å². The van der Waals surface area contributed by atoms with E-state index in [1.165, 1.54) is 26.9 Å². The average molecular weight is 277 g/mol. The summed E-state index contributed by atoms with van der Waals surface area (Å²) in [6, 6.07) is 8.61. The van der Waals surface area contributed by atoms with E-state index in [9.17, 15) is 0 Å². The number of hydrogen-bond acceptors (Lipinski definition) is 3. The molecule has 1 N–H and O–H groups in total. The topological polar surface area (TPSA) is 21.3 Å². The van der Waals surface area contributed by atoms with E-state index >= 15 is 0 Å². The minimum absolute atomic E-state index is 0.339. The van der Waals surface area contributed by atoms with Gasteiger partial charge in [-0.2, -0.15) is 0 Å². The molecular formula is C16H23NOS. The zero-order valence-electron chi connectivity index (χ0n) is 12.0. The van der Waals surface area contributed by atoms with Gasteiger partial charge in [0.15, 0.2) is 0 Å². The monoisotopic (exact) mass is 277 g/mol. The van der Waals surface area contributed by atoms with Crippen molar-refractivity contribution in [3.63, 3.8) is 0 Å². The lowest BCUT2D eigenvalue weighted by molar-refractivity contribution is 0.0476. The van der Waals surface area contributed by atoms with Gasteiger partial charge >= 0.3 is 0 Å². The maximum Gasteiger partial charge on any atom is 0.0737 e. The number of ether oxygens (including phenoxy) is 1. The Labute approximate surface area is 119 Å². The molecule has 0 aliphatic rings. The fraction of sp³-hybridized carbons (Fsp3) is 0.500. The zero-order chi connectivity index (χ0) is 13.7. The predicted octanol–water partition coefficient (Wildman–Crippen LogP) is 4.33. The van der Waals surface area contributed by atoms with E-state index < -0.39 is 0 Å². The largest absolute Gasteiger partial charge is 0.374 e. The number of benzene rings is 1. The molecule has 19 heavy (non-hydrogen) atoms. The first-order valence-electron chi connectivity index (χ1n) is 7.01. The van der Waals surface area contributed by atoms with Gasteiger partial charge in [-0.25, -0.2) is 0 Å². The summed E-state index contributed by atoms with van der Waals surface area (Å²) in [6.07, 6.45) is 2.64. The molecule has 0 fully saturated rings. The van der Waals surface area contributed by atoms with E-state index in [4.69, 9.17) is 4.74 Å². The van der Waals surface area contributed by atoms with Gasteiger partial charge in [-0.15, -0.1) is 11.3 Å². The normalized spacial score (nSPS) is 13.0. The third-order valence-electron chi connectivity index (χ3n) is 3.33. The molecule has 1 aromatic carbocycles. The lowest BCUT2D eigenvalue weighted by Crippen LogP contribution is -2.10. The van der Waals surface area contributed by atoms with Crippen LogP contribution in [0.4, 0.5) is 0 Å². The van der Waals surface area contributed by atoms with Crippen molar-refractivity contribution >= 4 is 21.4 Å². The van der Waals surface area contributed by atoms with Crippen molar-refractivity contribution in [1.82, 2.24) is 5.32 Å². The number of fused-ring (bicyclic) bond motifs is 1. The van der Waals surface area contributed by atoms with Crippen LogP contribution in [0.5, 0.6) is 0 Å². The lowest BCUT2D eigenvalue weighted by atomic mass is 10.1. The molecule has 104 valence electrons. The summed E-state index contributed by atoms with van der Waals surface area (Å²) >= 11 is 1.87. The zero-order valence-corrected chi connectivity index (χ0v) is 12.8. The number of thiophene rings is 1. The van der Waals surface area contributed by atoms with Crippen LogP contribution in [0.25, 0.3) is 10.1 Å². The first kappa shape index (κ1) is 14.5. The van der Waals surface area contributed by atoms with Crippen LogP contribution < -0.4 is 5.32 Å². The van der Waals surface area contributed by atoms with Crippen molar-refractivity contribution in [2.24, 2.45) is 0 Å². The molecule has 2 nitrogen and oxygen atoms in total. The number of rotatable bonds is 7. The van der Waals surface area contributed by atoms with Gasteiger partial charge in [0.05, 0.1) is 12.7 Å². The summed E-state index contributed by atoms with van der Waals surface area (Å²) in [4.78, 5) is 1.40. The van der Waals surface area contributed by atoms with Crippen LogP contribution in [0, 0.1) is 0 Å². The van der Waals surface area contributed by atoms with Crippen LogP contribution in [-0.4, -0.2) is 13.2 Å². The molecule has 0 spiro atoms.